The number of carbonyl (C=O) groups excluding carboxylic acids is 1. The van der Waals surface area contributed by atoms with Crippen molar-refractivity contribution in [2.45, 2.75) is 0 Å². The standard InChI is InChI=1S/C21H12N2O4/c24-19-15-8-4-5-9-18(15)27-21-22-16-12-14(10-11-17(16)23(19)21)26-20(25)13-6-2-1-3-7-13/h1-12H. The Kier molecular flexibility index (Phi) is 3.30. The number of hydrogen-bond donors (Lipinski definition) is 0. The van der Waals surface area contributed by atoms with Crippen LogP contribution in [0.3, 0.4) is 0 Å². The lowest BCUT2D eigenvalue weighted by Crippen LogP contribution is -2.12. The van der Waals surface area contributed by atoms with Crippen molar-refractivity contribution in [3.8, 4) is 5.75 Å². The van der Waals surface area contributed by atoms with Gasteiger partial charge < -0.3 is 9.15 Å². The SMILES string of the molecule is O=C(Oc1ccc2c(c1)nc1oc3ccccc3c(=O)n12)c1ccccc1. The monoisotopic (exact) mass is 356 g/mol. The van der Waals surface area contributed by atoms with E-state index in [1.54, 1.807) is 66.7 Å². The first-order chi connectivity index (χ1) is 13.2. The maximum Gasteiger partial charge on any atom is 0.343 e. The second-order valence-electron chi connectivity index (χ2n) is 6.04. The minimum absolute atomic E-state index is 0.195. The molecule has 0 fully saturated rings. The fourth-order valence-electron chi connectivity index (χ4n) is 3.06. The quantitative estimate of drug-likeness (QED) is 0.355. The highest BCUT2D eigenvalue weighted by Crippen LogP contribution is 2.23. The zero-order chi connectivity index (χ0) is 18.4. The van der Waals surface area contributed by atoms with Gasteiger partial charge in [0.1, 0.15) is 11.3 Å². The smallest absolute Gasteiger partial charge is 0.343 e. The number of aromatic nitrogens is 2. The molecule has 0 atom stereocenters. The molecule has 0 radical (unpaired) electrons. The van der Waals surface area contributed by atoms with Crippen molar-refractivity contribution in [1.82, 2.24) is 9.38 Å². The number of benzene rings is 3. The number of para-hydroxylation sites is 1. The van der Waals surface area contributed by atoms with Gasteiger partial charge in [0.05, 0.1) is 22.0 Å². The minimum atomic E-state index is -0.460. The van der Waals surface area contributed by atoms with Crippen molar-refractivity contribution < 1.29 is 13.9 Å². The molecule has 130 valence electrons. The molecule has 5 rings (SSSR count). The molecule has 3 aromatic carbocycles. The lowest BCUT2D eigenvalue weighted by molar-refractivity contribution is 0.0735. The van der Waals surface area contributed by atoms with E-state index in [0.717, 1.165) is 0 Å². The third-order valence-corrected chi connectivity index (χ3v) is 4.34. The van der Waals surface area contributed by atoms with Gasteiger partial charge in [0.2, 0.25) is 0 Å². The summed E-state index contributed by atoms with van der Waals surface area (Å²) in [4.78, 5) is 29.4. The van der Waals surface area contributed by atoms with Crippen LogP contribution in [0.5, 0.6) is 5.75 Å². The summed E-state index contributed by atoms with van der Waals surface area (Å²) in [5.74, 6) is 0.0793. The fourth-order valence-corrected chi connectivity index (χ4v) is 3.06. The molecule has 6 nitrogen and oxygen atoms in total. The number of hydrogen-bond acceptors (Lipinski definition) is 5. The zero-order valence-electron chi connectivity index (χ0n) is 14.0. The first-order valence-electron chi connectivity index (χ1n) is 8.32. The molecular formula is C21H12N2O4. The molecule has 0 aliphatic rings. The number of carbonyl (C=O) groups is 1. The lowest BCUT2D eigenvalue weighted by Gasteiger charge is -2.04. The summed E-state index contributed by atoms with van der Waals surface area (Å²) in [7, 11) is 0. The van der Waals surface area contributed by atoms with Crippen LogP contribution in [0, 0.1) is 0 Å². The molecule has 0 aliphatic carbocycles. The summed E-state index contributed by atoms with van der Waals surface area (Å²) in [6.45, 7) is 0. The summed E-state index contributed by atoms with van der Waals surface area (Å²) in [5, 5.41) is 0.476. The van der Waals surface area contributed by atoms with Crippen LogP contribution < -0.4 is 10.3 Å². The van der Waals surface area contributed by atoms with Crippen molar-refractivity contribution in [1.29, 1.82) is 0 Å². The molecule has 0 aliphatic heterocycles. The number of fused-ring (bicyclic) bond motifs is 4. The van der Waals surface area contributed by atoms with Gasteiger partial charge in [0.25, 0.3) is 5.56 Å². The summed E-state index contributed by atoms with van der Waals surface area (Å²) >= 11 is 0. The van der Waals surface area contributed by atoms with Crippen molar-refractivity contribution in [3.63, 3.8) is 0 Å². The summed E-state index contributed by atoms with van der Waals surface area (Å²) < 4.78 is 12.6. The molecule has 0 amide bonds. The topological polar surface area (TPSA) is 73.8 Å². The summed E-state index contributed by atoms with van der Waals surface area (Å²) in [5.41, 5.74) is 1.81. The van der Waals surface area contributed by atoms with E-state index in [4.69, 9.17) is 9.15 Å². The molecular weight excluding hydrogens is 344 g/mol. The van der Waals surface area contributed by atoms with Gasteiger partial charge in [-0.05, 0) is 36.4 Å². The Morgan fingerprint density at radius 3 is 2.59 bits per heavy atom. The molecule has 0 spiro atoms. The fraction of sp³-hybridized carbons (Fsp3) is 0. The van der Waals surface area contributed by atoms with Gasteiger partial charge in [-0.3, -0.25) is 4.79 Å². The molecule has 6 heteroatoms. The molecule has 0 saturated heterocycles. The Hall–Kier alpha value is -3.93. The van der Waals surface area contributed by atoms with Gasteiger partial charge >= 0.3 is 11.8 Å². The van der Waals surface area contributed by atoms with E-state index in [1.165, 1.54) is 4.40 Å². The molecule has 0 bridgehead atoms. The first-order valence-corrected chi connectivity index (χ1v) is 8.32. The summed E-state index contributed by atoms with van der Waals surface area (Å²) in [6, 6.07) is 20.7. The van der Waals surface area contributed by atoms with Crippen LogP contribution in [0.2, 0.25) is 0 Å². The molecule has 0 saturated carbocycles. The average Bonchev–Trinajstić information content (AvgIpc) is 3.06. The molecule has 5 aromatic rings. The van der Waals surface area contributed by atoms with Crippen molar-refractivity contribution >= 4 is 33.8 Å². The zero-order valence-corrected chi connectivity index (χ0v) is 14.0. The van der Waals surface area contributed by atoms with Crippen molar-refractivity contribution in [2.75, 3.05) is 0 Å². The van der Waals surface area contributed by atoms with Crippen molar-refractivity contribution in [3.05, 3.63) is 88.7 Å². The molecule has 2 heterocycles. The van der Waals surface area contributed by atoms with Crippen LogP contribution in [-0.2, 0) is 0 Å². The van der Waals surface area contributed by atoms with Crippen LogP contribution >= 0.6 is 0 Å². The molecule has 2 aromatic heterocycles. The van der Waals surface area contributed by atoms with Gasteiger partial charge in [0, 0.05) is 6.07 Å². The van der Waals surface area contributed by atoms with E-state index in [1.807, 2.05) is 6.07 Å². The van der Waals surface area contributed by atoms with E-state index in [0.29, 0.717) is 33.3 Å². The van der Waals surface area contributed by atoms with E-state index < -0.39 is 5.97 Å². The largest absolute Gasteiger partial charge is 0.424 e. The predicted molar refractivity (Wildman–Crippen MR) is 100 cm³/mol. The second-order valence-corrected chi connectivity index (χ2v) is 6.04. The third-order valence-electron chi connectivity index (χ3n) is 4.34. The highest BCUT2D eigenvalue weighted by atomic mass is 16.5. The number of esters is 1. The Balaban J connectivity index is 1.63. The normalized spacial score (nSPS) is 11.3. The van der Waals surface area contributed by atoms with E-state index >= 15 is 0 Å². The molecule has 0 unspecified atom stereocenters. The average molecular weight is 356 g/mol. The maximum atomic E-state index is 12.8. The van der Waals surface area contributed by atoms with Crippen LogP contribution in [0.15, 0.2) is 82.0 Å². The molecule has 0 N–H and O–H groups in total. The van der Waals surface area contributed by atoms with Crippen LogP contribution in [-0.4, -0.2) is 15.4 Å². The van der Waals surface area contributed by atoms with Crippen LogP contribution in [0.1, 0.15) is 10.4 Å². The number of imidazole rings is 1. The predicted octanol–water partition coefficient (Wildman–Crippen LogP) is 3.81. The highest BCUT2D eigenvalue weighted by Gasteiger charge is 2.14. The first kappa shape index (κ1) is 15.3. The Morgan fingerprint density at radius 2 is 1.74 bits per heavy atom. The van der Waals surface area contributed by atoms with E-state index in [-0.39, 0.29) is 11.4 Å². The Bertz CT molecular complexity index is 1380. The van der Waals surface area contributed by atoms with Gasteiger partial charge in [-0.1, -0.05) is 30.3 Å². The Labute approximate surface area is 152 Å². The lowest BCUT2D eigenvalue weighted by atomic mass is 10.2. The number of rotatable bonds is 2. The highest BCUT2D eigenvalue weighted by molar-refractivity contribution is 5.92. The van der Waals surface area contributed by atoms with Gasteiger partial charge in [0.15, 0.2) is 0 Å². The third kappa shape index (κ3) is 2.46. The maximum absolute atomic E-state index is 12.8. The van der Waals surface area contributed by atoms with Gasteiger partial charge in [-0.2, -0.15) is 4.98 Å². The van der Waals surface area contributed by atoms with E-state index in [2.05, 4.69) is 4.98 Å². The van der Waals surface area contributed by atoms with E-state index in [9.17, 15) is 9.59 Å². The van der Waals surface area contributed by atoms with Crippen molar-refractivity contribution in [2.24, 2.45) is 0 Å². The summed E-state index contributed by atoms with van der Waals surface area (Å²) in [6.07, 6.45) is 0. The van der Waals surface area contributed by atoms with Crippen LogP contribution in [0.25, 0.3) is 27.8 Å². The molecule has 27 heavy (non-hydrogen) atoms. The second kappa shape index (κ2) is 5.81. The minimum Gasteiger partial charge on any atom is -0.424 e. The number of ether oxygens (including phenoxy) is 1. The van der Waals surface area contributed by atoms with Gasteiger partial charge in [-0.15, -0.1) is 0 Å². The van der Waals surface area contributed by atoms with Crippen LogP contribution in [0.4, 0.5) is 0 Å². The number of nitrogens with zero attached hydrogens (tertiary/aromatic N) is 2. The van der Waals surface area contributed by atoms with Gasteiger partial charge in [-0.25, -0.2) is 9.20 Å². The Morgan fingerprint density at radius 1 is 0.963 bits per heavy atom.